The highest BCUT2D eigenvalue weighted by Crippen LogP contribution is 2.48. The molecule has 0 spiro atoms. The molecule has 11 rings (SSSR count). The number of carbonyl (C=O) groups excluding carboxylic acids is 4. The predicted molar refractivity (Wildman–Crippen MR) is 271 cm³/mol. The molecule has 5 aliphatic heterocycles. The van der Waals surface area contributed by atoms with Gasteiger partial charge in [-0.2, -0.15) is 0 Å². The number of fused-ring (bicyclic) bond motifs is 2. The molecule has 0 radical (unpaired) electrons. The monoisotopic (exact) mass is 981 g/mol. The van der Waals surface area contributed by atoms with Gasteiger partial charge in [-0.15, -0.1) is 0 Å². The van der Waals surface area contributed by atoms with Gasteiger partial charge in [0.1, 0.15) is 40.3 Å². The number of amides is 4. The third kappa shape index (κ3) is 9.63. The number of anilines is 4. The number of rotatable bonds is 13. The van der Waals surface area contributed by atoms with Crippen molar-refractivity contribution in [2.45, 2.75) is 70.0 Å². The lowest BCUT2D eigenvalue weighted by atomic mass is 9.95. The highest BCUT2D eigenvalue weighted by Gasteiger charge is 2.56. The van der Waals surface area contributed by atoms with Crippen molar-refractivity contribution in [3.8, 4) is 17.2 Å². The van der Waals surface area contributed by atoms with Gasteiger partial charge in [0.05, 0.1) is 24.0 Å². The minimum atomic E-state index is -1.17. The molecule has 17 heteroatoms. The Bertz CT molecular complexity index is 2860. The van der Waals surface area contributed by atoms with Crippen LogP contribution in [0.3, 0.4) is 0 Å². The standard InChI is InChI=1S/C55H61F2N9O6/c1-71-50-31-43-45(58-20-12-49(43)72-41-10-8-39(9-11-41)61-54(70)55(17-18-55)53(69)60-38-6-4-37(56)5-7-38)32-48(50)65-21-13-35(14-22-65)33-62-25-27-63(28-26-62)40-15-23-64(24-16-40)47-29-36-34-66(46-3-2-19-59-51(46)67)52(68)42(36)30-44(47)57/h4-12,20,29-32,35,40,46H,2-3,13-19,21-28,33-34H2,1H3,(H,59,67)(H,60,69)(H,61,70). The Hall–Kier alpha value is -6.85. The first-order chi connectivity index (χ1) is 35.0. The topological polar surface area (TPSA) is 152 Å². The van der Waals surface area contributed by atoms with Crippen molar-refractivity contribution in [3.63, 3.8) is 0 Å². The van der Waals surface area contributed by atoms with Gasteiger partial charge in [0.2, 0.25) is 17.7 Å². The smallest absolute Gasteiger partial charge is 0.255 e. The van der Waals surface area contributed by atoms with Crippen LogP contribution in [0.15, 0.2) is 85.1 Å². The second-order valence-corrected chi connectivity index (χ2v) is 20.3. The van der Waals surface area contributed by atoms with Crippen molar-refractivity contribution in [1.82, 2.24) is 25.0 Å². The number of nitrogens with one attached hydrogen (secondary N) is 3. The summed E-state index contributed by atoms with van der Waals surface area (Å²) >= 11 is 0. The van der Waals surface area contributed by atoms with Crippen LogP contribution in [0.25, 0.3) is 10.9 Å². The van der Waals surface area contributed by atoms with Gasteiger partial charge in [0.15, 0.2) is 0 Å². The molecule has 1 aliphatic carbocycles. The van der Waals surface area contributed by atoms with E-state index in [0.29, 0.717) is 78.4 Å². The molecule has 1 aromatic heterocycles. The van der Waals surface area contributed by atoms with Gasteiger partial charge in [-0.3, -0.25) is 29.1 Å². The molecule has 0 bridgehead atoms. The van der Waals surface area contributed by atoms with Gasteiger partial charge in [0, 0.05) is 107 Å². The van der Waals surface area contributed by atoms with Crippen molar-refractivity contribution in [2.75, 3.05) is 93.0 Å². The predicted octanol–water partition coefficient (Wildman–Crippen LogP) is 7.41. The first-order valence-electron chi connectivity index (χ1n) is 25.5. The molecule has 4 saturated heterocycles. The molecule has 1 unspecified atom stereocenters. The molecule has 4 amide bonds. The van der Waals surface area contributed by atoms with Crippen LogP contribution in [0.1, 0.15) is 67.3 Å². The summed E-state index contributed by atoms with van der Waals surface area (Å²) in [4.78, 5) is 68.1. The van der Waals surface area contributed by atoms with E-state index in [-0.39, 0.29) is 23.5 Å². The molecular weight excluding hydrogens is 921 g/mol. The molecule has 15 nitrogen and oxygen atoms in total. The summed E-state index contributed by atoms with van der Waals surface area (Å²) in [5, 5.41) is 9.29. The summed E-state index contributed by atoms with van der Waals surface area (Å²) < 4.78 is 41.3. The van der Waals surface area contributed by atoms with Gasteiger partial charge in [-0.05, 0) is 142 Å². The van der Waals surface area contributed by atoms with Crippen LogP contribution in [0.2, 0.25) is 0 Å². The number of nitrogens with zero attached hydrogens (tertiary/aromatic N) is 6. The summed E-state index contributed by atoms with van der Waals surface area (Å²) in [5.74, 6) is 0.587. The number of methoxy groups -OCH3 is 1. The van der Waals surface area contributed by atoms with Gasteiger partial charge < -0.3 is 45.0 Å². The number of piperidine rings is 3. The molecule has 376 valence electrons. The van der Waals surface area contributed by atoms with Crippen LogP contribution in [0, 0.1) is 23.0 Å². The summed E-state index contributed by atoms with van der Waals surface area (Å²) in [6, 6.07) is 21.6. The molecule has 72 heavy (non-hydrogen) atoms. The van der Waals surface area contributed by atoms with E-state index in [9.17, 15) is 23.6 Å². The normalized spacial score (nSPS) is 20.8. The molecule has 3 N–H and O–H groups in total. The zero-order valence-corrected chi connectivity index (χ0v) is 40.6. The molecule has 1 atom stereocenters. The minimum absolute atomic E-state index is 0.122. The van der Waals surface area contributed by atoms with Gasteiger partial charge in [0.25, 0.3) is 5.91 Å². The molecule has 5 fully saturated rings. The van der Waals surface area contributed by atoms with E-state index in [0.717, 1.165) is 119 Å². The highest BCUT2D eigenvalue weighted by molar-refractivity contribution is 6.17. The maximum absolute atomic E-state index is 15.6. The quantitative estimate of drug-likeness (QED) is 0.101. The van der Waals surface area contributed by atoms with E-state index < -0.39 is 23.2 Å². The summed E-state index contributed by atoms with van der Waals surface area (Å²) in [6.45, 7) is 9.58. The fraction of sp³-hybridized carbons (Fsp3) is 0.436. The summed E-state index contributed by atoms with van der Waals surface area (Å²) in [5.41, 5.74) is 3.34. The Morgan fingerprint density at radius 2 is 1.43 bits per heavy atom. The molecule has 1 saturated carbocycles. The van der Waals surface area contributed by atoms with Gasteiger partial charge in [-0.1, -0.05) is 0 Å². The molecule has 5 aromatic rings. The van der Waals surface area contributed by atoms with E-state index in [4.69, 9.17) is 14.5 Å². The maximum atomic E-state index is 15.6. The number of piperazine rings is 1. The summed E-state index contributed by atoms with van der Waals surface area (Å²) in [7, 11) is 1.69. The number of halogens is 2. The minimum Gasteiger partial charge on any atom is -0.495 e. The third-order valence-corrected chi connectivity index (χ3v) is 15.9. The number of pyridine rings is 1. The molecule has 6 aliphatic rings. The Balaban J connectivity index is 0.637. The van der Waals surface area contributed by atoms with E-state index in [1.807, 2.05) is 18.2 Å². The second-order valence-electron chi connectivity index (χ2n) is 20.3. The van der Waals surface area contributed by atoms with Crippen LogP contribution in [-0.4, -0.2) is 128 Å². The van der Waals surface area contributed by atoms with Crippen molar-refractivity contribution >= 4 is 57.3 Å². The van der Waals surface area contributed by atoms with Crippen molar-refractivity contribution < 1.29 is 37.4 Å². The number of aromatic nitrogens is 1. The zero-order chi connectivity index (χ0) is 49.5. The number of hydrogen-bond acceptors (Lipinski definition) is 11. The fourth-order valence-electron chi connectivity index (χ4n) is 11.5. The Morgan fingerprint density at radius 3 is 2.10 bits per heavy atom. The van der Waals surface area contributed by atoms with Gasteiger partial charge in [-0.25, -0.2) is 8.78 Å². The van der Waals surface area contributed by atoms with Crippen LogP contribution in [0.5, 0.6) is 17.2 Å². The first kappa shape index (κ1) is 47.5. The first-order valence-corrected chi connectivity index (χ1v) is 25.5. The Kier molecular flexibility index (Phi) is 13.2. The number of hydrogen-bond donors (Lipinski definition) is 3. The lowest BCUT2D eigenvalue weighted by molar-refractivity contribution is -0.131. The third-order valence-electron chi connectivity index (χ3n) is 15.9. The lowest BCUT2D eigenvalue weighted by Gasteiger charge is -2.44. The number of ether oxygens (including phenoxy) is 2. The molecular formula is C55H61F2N9O6. The van der Waals surface area contributed by atoms with E-state index >= 15 is 4.39 Å². The Morgan fingerprint density at radius 1 is 0.764 bits per heavy atom. The summed E-state index contributed by atoms with van der Waals surface area (Å²) in [6.07, 6.45) is 8.15. The molecule has 4 aromatic carbocycles. The van der Waals surface area contributed by atoms with Crippen LogP contribution >= 0.6 is 0 Å². The van der Waals surface area contributed by atoms with E-state index in [1.54, 1.807) is 42.5 Å². The van der Waals surface area contributed by atoms with Crippen molar-refractivity contribution in [3.05, 3.63) is 108 Å². The fourth-order valence-corrected chi connectivity index (χ4v) is 11.5. The second kappa shape index (κ2) is 20.0. The van der Waals surface area contributed by atoms with Crippen molar-refractivity contribution in [1.29, 1.82) is 0 Å². The van der Waals surface area contributed by atoms with Crippen LogP contribution in [-0.2, 0) is 20.9 Å². The number of carbonyl (C=O) groups is 4. The van der Waals surface area contributed by atoms with Crippen molar-refractivity contribution in [2.24, 2.45) is 11.3 Å². The average Bonchev–Trinajstić information content (AvgIpc) is 4.17. The lowest BCUT2D eigenvalue weighted by Crippen LogP contribution is -2.54. The van der Waals surface area contributed by atoms with Gasteiger partial charge >= 0.3 is 0 Å². The average molecular weight is 982 g/mol. The molecule has 6 heterocycles. The maximum Gasteiger partial charge on any atom is 0.255 e. The zero-order valence-electron chi connectivity index (χ0n) is 40.6. The Labute approximate surface area is 417 Å². The van der Waals surface area contributed by atoms with E-state index in [2.05, 4.69) is 41.6 Å². The highest BCUT2D eigenvalue weighted by atomic mass is 19.1. The van der Waals surface area contributed by atoms with Crippen LogP contribution < -0.4 is 35.2 Å². The SMILES string of the molecule is COc1cc2c(Oc3ccc(NC(=O)C4(C(=O)Nc5ccc(F)cc5)CC4)cc3)ccnc2cc1N1CCC(CN2CCN(C3CCN(c4cc5c(cc4F)C(=O)N(C4CCCNC4=O)C5)CC3)CC2)CC1. The van der Waals surface area contributed by atoms with E-state index in [1.165, 1.54) is 30.3 Å². The largest absolute Gasteiger partial charge is 0.495 e. The number of benzene rings is 4. The van der Waals surface area contributed by atoms with Crippen LogP contribution in [0.4, 0.5) is 31.5 Å².